The first kappa shape index (κ1) is 36.8. The number of benzene rings is 4. The van der Waals surface area contributed by atoms with Crippen LogP contribution in [0.15, 0.2) is 97.1 Å². The van der Waals surface area contributed by atoms with E-state index in [1.165, 1.54) is 0 Å². The topological polar surface area (TPSA) is 135 Å². The first-order chi connectivity index (χ1) is 27.4. The van der Waals surface area contributed by atoms with Crippen molar-refractivity contribution in [1.29, 1.82) is 0 Å². The monoisotopic (exact) mass is 752 g/mol. The fraction of sp³-hybridized carbons (Fsp3) is 0.318. The van der Waals surface area contributed by atoms with Crippen LogP contribution in [0.5, 0.6) is 0 Å². The number of carbonyl (C=O) groups excluding carboxylic acids is 2. The number of H-pyrrole nitrogens is 2. The maximum absolute atomic E-state index is 13.3. The van der Waals surface area contributed by atoms with Crippen molar-refractivity contribution in [2.24, 2.45) is 0 Å². The molecule has 0 aliphatic carbocycles. The van der Waals surface area contributed by atoms with E-state index in [2.05, 4.69) is 21.8 Å². The molecule has 2 N–H and O–H groups in total. The highest BCUT2D eigenvalue weighted by Crippen LogP contribution is 2.35. The Morgan fingerprint density at radius 3 is 1.70 bits per heavy atom. The van der Waals surface area contributed by atoms with Gasteiger partial charge in [0.25, 0.3) is 0 Å². The molecule has 12 nitrogen and oxygen atoms in total. The predicted molar refractivity (Wildman–Crippen MR) is 210 cm³/mol. The number of imidazole rings is 2. The van der Waals surface area contributed by atoms with Gasteiger partial charge in [-0.1, -0.05) is 72.5 Å². The molecule has 2 aromatic heterocycles. The summed E-state index contributed by atoms with van der Waals surface area (Å²) in [4.78, 5) is 46.6. The molecule has 56 heavy (non-hydrogen) atoms. The Morgan fingerprint density at radius 2 is 1.14 bits per heavy atom. The van der Waals surface area contributed by atoms with E-state index in [1.54, 1.807) is 9.80 Å². The lowest BCUT2D eigenvalue weighted by molar-refractivity contribution is 0.0610. The van der Waals surface area contributed by atoms with Gasteiger partial charge in [0.2, 0.25) is 0 Å². The number of likely N-dealkylation sites (tertiary alicyclic amines) is 2. The van der Waals surface area contributed by atoms with Gasteiger partial charge in [-0.25, -0.2) is 19.6 Å². The van der Waals surface area contributed by atoms with Gasteiger partial charge < -0.3 is 28.9 Å². The minimum absolute atomic E-state index is 0.113. The number of aromatic nitrogens is 4. The van der Waals surface area contributed by atoms with Crippen molar-refractivity contribution >= 4 is 34.3 Å². The second-order valence-electron chi connectivity index (χ2n) is 14.0. The summed E-state index contributed by atoms with van der Waals surface area (Å²) >= 11 is 0. The van der Waals surface area contributed by atoms with Gasteiger partial charge in [-0.3, -0.25) is 9.80 Å². The van der Waals surface area contributed by atoms with Crippen LogP contribution in [-0.4, -0.2) is 80.4 Å². The Bertz CT molecular complexity index is 2200. The third-order valence-electron chi connectivity index (χ3n) is 10.2. The molecule has 2 amide bonds. The van der Waals surface area contributed by atoms with E-state index in [9.17, 15) is 9.59 Å². The van der Waals surface area contributed by atoms with Crippen LogP contribution in [0.1, 0.15) is 72.7 Å². The van der Waals surface area contributed by atoms with Gasteiger partial charge in [0.15, 0.2) is 0 Å². The molecule has 0 spiro atoms. The quantitative estimate of drug-likeness (QED) is 0.135. The van der Waals surface area contributed by atoms with Crippen LogP contribution in [0.4, 0.5) is 9.59 Å². The first-order valence-electron chi connectivity index (χ1n) is 19.1. The molecule has 2 fully saturated rings. The smallest absolute Gasteiger partial charge is 0.410 e. The third-order valence-corrected chi connectivity index (χ3v) is 10.2. The van der Waals surface area contributed by atoms with Crippen LogP contribution in [-0.2, 0) is 32.2 Å². The summed E-state index contributed by atoms with van der Waals surface area (Å²) in [5.41, 5.74) is 6.68. The van der Waals surface area contributed by atoms with Crippen molar-refractivity contribution < 1.29 is 28.5 Å². The van der Waals surface area contributed by atoms with Gasteiger partial charge in [0.1, 0.15) is 24.9 Å². The average Bonchev–Trinajstić information content (AvgIpc) is 4.03. The van der Waals surface area contributed by atoms with Crippen molar-refractivity contribution in [3.8, 4) is 11.8 Å². The minimum atomic E-state index is -0.398. The number of hydrogen-bond acceptors (Lipinski definition) is 8. The highest BCUT2D eigenvalue weighted by Gasteiger charge is 2.40. The van der Waals surface area contributed by atoms with Crippen LogP contribution in [0, 0.1) is 11.8 Å². The van der Waals surface area contributed by atoms with E-state index < -0.39 is 12.2 Å². The summed E-state index contributed by atoms with van der Waals surface area (Å²) in [6.45, 7) is 6.26. The molecule has 12 heteroatoms. The molecule has 8 rings (SSSR count). The molecule has 286 valence electrons. The zero-order valence-corrected chi connectivity index (χ0v) is 31.4. The Balaban J connectivity index is 0.971. The average molecular weight is 753 g/mol. The van der Waals surface area contributed by atoms with E-state index in [-0.39, 0.29) is 37.5 Å². The standard InChI is InChI=1S/C44H44N6O6/c1-3-53-33-23-39(49(25-33)43(51)55-27-31-11-7-5-8-12-31)41-45-35-19-17-29(21-37(35)47-41)15-16-30-18-20-36-38(22-30)48-42(46-36)40-24-34(54-4-2)26-50(40)44(52)56-28-32-13-9-6-10-14-32/h5-14,17-22,33-34,39-40H,3-4,23-28H2,1-2H3,(H,45,47)(H,46,48)/t33-,34-,39+,40+/m1/s1. The predicted octanol–water partition coefficient (Wildman–Crippen LogP) is 7.82. The zero-order valence-electron chi connectivity index (χ0n) is 31.4. The van der Waals surface area contributed by atoms with E-state index >= 15 is 0 Å². The molecule has 6 aromatic rings. The number of rotatable bonds is 10. The van der Waals surface area contributed by atoms with Crippen molar-refractivity contribution in [3.63, 3.8) is 0 Å². The maximum atomic E-state index is 13.3. The number of hydrogen-bond donors (Lipinski definition) is 2. The fourth-order valence-corrected chi connectivity index (χ4v) is 7.50. The Kier molecular flexibility index (Phi) is 11.0. The van der Waals surface area contributed by atoms with Crippen LogP contribution < -0.4 is 0 Å². The molecule has 2 saturated heterocycles. The highest BCUT2D eigenvalue weighted by atomic mass is 16.6. The Hall–Kier alpha value is -6.16. The highest BCUT2D eigenvalue weighted by molar-refractivity contribution is 5.79. The van der Waals surface area contributed by atoms with Crippen molar-refractivity contribution in [2.75, 3.05) is 26.3 Å². The second kappa shape index (κ2) is 16.7. The van der Waals surface area contributed by atoms with Gasteiger partial charge in [-0.05, 0) is 61.4 Å². The molecule has 0 radical (unpaired) electrons. The fourth-order valence-electron chi connectivity index (χ4n) is 7.50. The summed E-state index contributed by atoms with van der Waals surface area (Å²) in [7, 11) is 0. The molecule has 4 heterocycles. The van der Waals surface area contributed by atoms with E-state index in [1.807, 2.05) is 111 Å². The Labute approximate surface area is 325 Å². The molecule has 0 bridgehead atoms. The molecular formula is C44H44N6O6. The number of nitrogens with zero attached hydrogens (tertiary/aromatic N) is 4. The van der Waals surface area contributed by atoms with E-state index in [0.717, 1.165) is 44.3 Å². The summed E-state index contributed by atoms with van der Waals surface area (Å²) in [5.74, 6) is 7.93. The lowest BCUT2D eigenvalue weighted by Crippen LogP contribution is -2.33. The van der Waals surface area contributed by atoms with Gasteiger partial charge in [0.05, 0.1) is 59.4 Å². The first-order valence-corrected chi connectivity index (χ1v) is 19.1. The second-order valence-corrected chi connectivity index (χ2v) is 14.0. The number of amides is 2. The summed E-state index contributed by atoms with van der Waals surface area (Å²) in [6, 6.07) is 30.4. The number of carbonyl (C=O) groups is 2. The van der Waals surface area contributed by atoms with Crippen LogP contribution in [0.2, 0.25) is 0 Å². The van der Waals surface area contributed by atoms with Gasteiger partial charge >= 0.3 is 12.2 Å². The number of aromatic amines is 2. The molecule has 4 aromatic carbocycles. The summed E-state index contributed by atoms with van der Waals surface area (Å²) in [6.07, 6.45) is 0.206. The van der Waals surface area contributed by atoms with E-state index in [4.69, 9.17) is 28.9 Å². The van der Waals surface area contributed by atoms with Crippen molar-refractivity contribution in [2.45, 2.75) is 64.2 Å². The van der Waals surface area contributed by atoms with E-state index in [0.29, 0.717) is 50.8 Å². The molecule has 4 atom stereocenters. The lowest BCUT2D eigenvalue weighted by atomic mass is 10.1. The van der Waals surface area contributed by atoms with Gasteiger partial charge in [-0.2, -0.15) is 0 Å². The van der Waals surface area contributed by atoms with Crippen molar-refractivity contribution in [1.82, 2.24) is 29.7 Å². The molecule has 2 aliphatic rings. The Morgan fingerprint density at radius 1 is 0.643 bits per heavy atom. The molecule has 2 aliphatic heterocycles. The maximum Gasteiger partial charge on any atom is 0.410 e. The van der Waals surface area contributed by atoms with Crippen molar-refractivity contribution in [3.05, 3.63) is 131 Å². The largest absolute Gasteiger partial charge is 0.445 e. The summed E-state index contributed by atoms with van der Waals surface area (Å²) in [5, 5.41) is 0. The summed E-state index contributed by atoms with van der Waals surface area (Å²) < 4.78 is 23.3. The molecule has 0 unspecified atom stereocenters. The minimum Gasteiger partial charge on any atom is -0.445 e. The van der Waals surface area contributed by atoms with Crippen LogP contribution >= 0.6 is 0 Å². The van der Waals surface area contributed by atoms with Gasteiger partial charge in [-0.15, -0.1) is 0 Å². The molecule has 0 saturated carbocycles. The van der Waals surface area contributed by atoms with Gasteiger partial charge in [0, 0.05) is 37.2 Å². The zero-order chi connectivity index (χ0) is 38.4. The number of fused-ring (bicyclic) bond motifs is 2. The van der Waals surface area contributed by atoms with Crippen LogP contribution in [0.25, 0.3) is 22.1 Å². The van der Waals surface area contributed by atoms with Crippen LogP contribution in [0.3, 0.4) is 0 Å². The number of nitrogens with one attached hydrogen (secondary N) is 2. The normalized spacial score (nSPS) is 19.3. The molecular weight excluding hydrogens is 709 g/mol. The lowest BCUT2D eigenvalue weighted by Gasteiger charge is -2.22. The number of ether oxygens (including phenoxy) is 4. The SMILES string of the molecule is CCO[C@@H]1C[C@@H](c2nc3cc(C#Cc4ccc5nc([C@@H]6C[C@@H](OCC)CN6C(=O)OCc6ccccc6)[nH]c5c4)ccc3[nH]2)N(C(=O)OCc2ccccc2)C1. The third kappa shape index (κ3) is 8.24.